The van der Waals surface area contributed by atoms with Crippen molar-refractivity contribution >= 4 is 21.9 Å². The van der Waals surface area contributed by atoms with E-state index >= 15 is 0 Å². The number of nitrogens with zero attached hydrogens (tertiary/aromatic N) is 2. The Morgan fingerprint density at radius 3 is 2.86 bits per heavy atom. The van der Waals surface area contributed by atoms with Crippen LogP contribution in [0.5, 0.6) is 0 Å². The number of hydrogen-bond donors (Lipinski definition) is 2. The summed E-state index contributed by atoms with van der Waals surface area (Å²) >= 11 is 3.55. The molecule has 0 aliphatic heterocycles. The van der Waals surface area contributed by atoms with Crippen molar-refractivity contribution in [3.05, 3.63) is 52.3 Å². The van der Waals surface area contributed by atoms with Gasteiger partial charge in [-0.05, 0) is 30.5 Å². The lowest BCUT2D eigenvalue weighted by Crippen LogP contribution is -2.40. The number of rotatable bonds is 5. The molecule has 0 bridgehead atoms. The normalized spacial score (nSPS) is 16.4. The Labute approximate surface area is 138 Å². The molecular formula is C16H19BrN4O. The van der Waals surface area contributed by atoms with E-state index in [1.54, 1.807) is 13.3 Å². The van der Waals surface area contributed by atoms with E-state index in [1.807, 2.05) is 6.07 Å². The lowest BCUT2D eigenvalue weighted by molar-refractivity contribution is 0.410. The SMILES string of the molecule is CN=C(NCc1ccon1)NCC1(c2cccc(Br)c2)CC1. The molecule has 0 spiro atoms. The van der Waals surface area contributed by atoms with Crippen LogP contribution in [0.3, 0.4) is 0 Å². The van der Waals surface area contributed by atoms with E-state index in [0.29, 0.717) is 6.54 Å². The van der Waals surface area contributed by atoms with Gasteiger partial charge in [0.2, 0.25) is 0 Å². The van der Waals surface area contributed by atoms with Gasteiger partial charge in [0, 0.05) is 29.5 Å². The van der Waals surface area contributed by atoms with Gasteiger partial charge >= 0.3 is 0 Å². The van der Waals surface area contributed by atoms with Crippen LogP contribution < -0.4 is 10.6 Å². The molecule has 1 saturated carbocycles. The molecule has 0 unspecified atom stereocenters. The fraction of sp³-hybridized carbons (Fsp3) is 0.375. The highest BCUT2D eigenvalue weighted by Gasteiger charge is 2.44. The monoisotopic (exact) mass is 362 g/mol. The molecule has 3 rings (SSSR count). The Bertz CT molecular complexity index is 650. The Kier molecular flexibility index (Phi) is 4.47. The first kappa shape index (κ1) is 15.1. The van der Waals surface area contributed by atoms with Crippen molar-refractivity contribution in [1.29, 1.82) is 0 Å². The minimum absolute atomic E-state index is 0.231. The smallest absolute Gasteiger partial charge is 0.191 e. The van der Waals surface area contributed by atoms with Gasteiger partial charge in [-0.3, -0.25) is 4.99 Å². The molecule has 1 heterocycles. The van der Waals surface area contributed by atoms with Crippen molar-refractivity contribution in [1.82, 2.24) is 15.8 Å². The minimum atomic E-state index is 0.231. The summed E-state index contributed by atoms with van der Waals surface area (Å²) in [6.45, 7) is 1.47. The molecule has 2 aromatic rings. The van der Waals surface area contributed by atoms with Crippen molar-refractivity contribution < 1.29 is 4.52 Å². The lowest BCUT2D eigenvalue weighted by Gasteiger charge is -2.19. The van der Waals surface area contributed by atoms with Gasteiger partial charge in [-0.2, -0.15) is 0 Å². The van der Waals surface area contributed by atoms with Crippen LogP contribution in [0.25, 0.3) is 0 Å². The summed E-state index contributed by atoms with van der Waals surface area (Å²) in [5, 5.41) is 10.5. The average Bonchev–Trinajstić information content (AvgIpc) is 3.14. The molecule has 6 heteroatoms. The van der Waals surface area contributed by atoms with E-state index in [-0.39, 0.29) is 5.41 Å². The molecule has 1 aliphatic carbocycles. The van der Waals surface area contributed by atoms with Crippen molar-refractivity contribution in [3.8, 4) is 0 Å². The van der Waals surface area contributed by atoms with Crippen molar-refractivity contribution in [3.63, 3.8) is 0 Å². The fourth-order valence-corrected chi connectivity index (χ4v) is 2.91. The third-order valence-corrected chi connectivity index (χ3v) is 4.53. The number of nitrogens with one attached hydrogen (secondary N) is 2. The van der Waals surface area contributed by atoms with E-state index in [9.17, 15) is 0 Å². The third-order valence-electron chi connectivity index (χ3n) is 4.04. The second kappa shape index (κ2) is 6.52. The van der Waals surface area contributed by atoms with Crippen LogP contribution in [-0.4, -0.2) is 24.7 Å². The van der Waals surface area contributed by atoms with Gasteiger partial charge in [-0.25, -0.2) is 0 Å². The van der Waals surface area contributed by atoms with Crippen LogP contribution in [0, 0.1) is 0 Å². The summed E-state index contributed by atoms with van der Waals surface area (Å²) in [5.41, 5.74) is 2.47. The summed E-state index contributed by atoms with van der Waals surface area (Å²) in [5.74, 6) is 0.782. The van der Waals surface area contributed by atoms with Gasteiger partial charge in [0.1, 0.15) is 12.0 Å². The highest BCUT2D eigenvalue weighted by Crippen LogP contribution is 2.48. The zero-order chi connectivity index (χ0) is 15.4. The average molecular weight is 363 g/mol. The number of aliphatic imine (C=N–C) groups is 1. The maximum absolute atomic E-state index is 4.82. The van der Waals surface area contributed by atoms with Crippen LogP contribution in [0.4, 0.5) is 0 Å². The van der Waals surface area contributed by atoms with Gasteiger partial charge in [0.05, 0.1) is 6.54 Å². The maximum atomic E-state index is 4.82. The summed E-state index contributed by atoms with van der Waals surface area (Å²) in [4.78, 5) is 4.26. The molecule has 116 valence electrons. The topological polar surface area (TPSA) is 62.5 Å². The molecule has 1 aromatic heterocycles. The van der Waals surface area contributed by atoms with E-state index in [1.165, 1.54) is 18.4 Å². The third kappa shape index (κ3) is 3.50. The Morgan fingerprint density at radius 2 is 2.23 bits per heavy atom. The lowest BCUT2D eigenvalue weighted by atomic mass is 9.96. The molecule has 0 saturated heterocycles. The quantitative estimate of drug-likeness (QED) is 0.634. The molecule has 0 radical (unpaired) electrons. The van der Waals surface area contributed by atoms with Gasteiger partial charge in [0.25, 0.3) is 0 Å². The van der Waals surface area contributed by atoms with Crippen molar-refractivity contribution in [2.45, 2.75) is 24.8 Å². The molecule has 22 heavy (non-hydrogen) atoms. The largest absolute Gasteiger partial charge is 0.364 e. The van der Waals surface area contributed by atoms with Gasteiger partial charge < -0.3 is 15.2 Å². The number of guanidine groups is 1. The highest BCUT2D eigenvalue weighted by atomic mass is 79.9. The molecule has 1 fully saturated rings. The highest BCUT2D eigenvalue weighted by molar-refractivity contribution is 9.10. The minimum Gasteiger partial charge on any atom is -0.364 e. The zero-order valence-corrected chi connectivity index (χ0v) is 14.1. The molecule has 0 amide bonds. The number of aromatic nitrogens is 1. The van der Waals surface area contributed by atoms with Gasteiger partial charge in [-0.15, -0.1) is 0 Å². The molecule has 1 aromatic carbocycles. The molecule has 0 atom stereocenters. The zero-order valence-electron chi connectivity index (χ0n) is 12.5. The maximum Gasteiger partial charge on any atom is 0.191 e. The summed E-state index contributed by atoms with van der Waals surface area (Å²) in [7, 11) is 1.77. The second-order valence-corrected chi connectivity index (χ2v) is 6.48. The van der Waals surface area contributed by atoms with Crippen LogP contribution in [0.1, 0.15) is 24.1 Å². The van der Waals surface area contributed by atoms with Crippen molar-refractivity contribution in [2.75, 3.05) is 13.6 Å². The number of hydrogen-bond acceptors (Lipinski definition) is 3. The standard InChI is InChI=1S/C16H19BrN4O/c1-18-15(19-10-14-5-8-22-21-14)20-11-16(6-7-16)12-3-2-4-13(17)9-12/h2-5,8-9H,6-7,10-11H2,1H3,(H2,18,19,20). The van der Waals surface area contributed by atoms with E-state index in [2.05, 4.69) is 61.0 Å². The number of benzene rings is 1. The molecule has 1 aliphatic rings. The van der Waals surface area contributed by atoms with Gasteiger partial charge in [-0.1, -0.05) is 33.2 Å². The summed E-state index contributed by atoms with van der Waals surface area (Å²) < 4.78 is 5.95. The summed E-state index contributed by atoms with van der Waals surface area (Å²) in [6, 6.07) is 10.4. The first-order valence-corrected chi connectivity index (χ1v) is 8.11. The Balaban J connectivity index is 1.56. The predicted octanol–water partition coefficient (Wildman–Crippen LogP) is 2.83. The van der Waals surface area contributed by atoms with E-state index in [0.717, 1.165) is 22.7 Å². The first-order valence-electron chi connectivity index (χ1n) is 7.32. The first-order chi connectivity index (χ1) is 10.7. The summed E-state index contributed by atoms with van der Waals surface area (Å²) in [6.07, 6.45) is 3.98. The van der Waals surface area contributed by atoms with Crippen molar-refractivity contribution in [2.24, 2.45) is 4.99 Å². The van der Waals surface area contributed by atoms with Gasteiger partial charge in [0.15, 0.2) is 5.96 Å². The Hall–Kier alpha value is -1.82. The van der Waals surface area contributed by atoms with Crippen LogP contribution in [-0.2, 0) is 12.0 Å². The van der Waals surface area contributed by atoms with Crippen LogP contribution in [0.15, 0.2) is 50.6 Å². The molecule has 2 N–H and O–H groups in total. The fourth-order valence-electron chi connectivity index (χ4n) is 2.51. The van der Waals surface area contributed by atoms with E-state index in [4.69, 9.17) is 4.52 Å². The Morgan fingerprint density at radius 1 is 1.36 bits per heavy atom. The second-order valence-electron chi connectivity index (χ2n) is 5.56. The van der Waals surface area contributed by atoms with E-state index < -0.39 is 0 Å². The molecular weight excluding hydrogens is 344 g/mol. The number of halogens is 1. The van der Waals surface area contributed by atoms with Crippen LogP contribution >= 0.6 is 15.9 Å². The van der Waals surface area contributed by atoms with Crippen LogP contribution in [0.2, 0.25) is 0 Å². The predicted molar refractivity (Wildman–Crippen MR) is 89.8 cm³/mol. The molecule has 5 nitrogen and oxygen atoms in total.